The second-order valence-electron chi connectivity index (χ2n) is 3.13. The van der Waals surface area contributed by atoms with Gasteiger partial charge in [-0.05, 0) is 27.1 Å². The molecule has 1 aliphatic rings. The van der Waals surface area contributed by atoms with E-state index in [0.717, 1.165) is 6.54 Å². The molecule has 0 bridgehead atoms. The zero-order valence-electron chi connectivity index (χ0n) is 7.72. The molecule has 0 aromatic heterocycles. The Morgan fingerprint density at radius 1 is 1.38 bits per heavy atom. The monoisotopic (exact) mass is 236 g/mol. The van der Waals surface area contributed by atoms with Gasteiger partial charge in [-0.1, -0.05) is 0 Å². The van der Waals surface area contributed by atoms with E-state index in [-0.39, 0.29) is 31.4 Å². The van der Waals surface area contributed by atoms with E-state index in [0.29, 0.717) is 6.42 Å². The molecule has 0 amide bonds. The van der Waals surface area contributed by atoms with E-state index in [1.165, 1.54) is 0 Å². The van der Waals surface area contributed by atoms with E-state index in [1.807, 2.05) is 0 Å². The normalized spacial score (nSPS) is 27.2. The molecular weight excluding hydrogens is 221 g/mol. The second-order valence-corrected chi connectivity index (χ2v) is 3.13. The average Bonchev–Trinajstić information content (AvgIpc) is 1.85. The average molecular weight is 237 g/mol. The number of likely N-dealkylation sites (tertiary alicyclic amines) is 1. The molecular formula is C7H16Cl2F2N2. The number of hydrogen-bond acceptors (Lipinski definition) is 2. The summed E-state index contributed by atoms with van der Waals surface area (Å²) in [4.78, 5) is 1.66. The summed E-state index contributed by atoms with van der Waals surface area (Å²) in [6.45, 7) is 0.625. The first-order valence-electron chi connectivity index (χ1n) is 3.80. The second kappa shape index (κ2) is 5.96. The van der Waals surface area contributed by atoms with Crippen LogP contribution in [0.2, 0.25) is 0 Å². The van der Waals surface area contributed by atoms with Crippen LogP contribution in [-0.4, -0.2) is 44.0 Å². The topological polar surface area (TPSA) is 15.3 Å². The molecule has 1 rings (SSSR count). The lowest BCUT2D eigenvalue weighted by atomic mass is 10.0. The maximum Gasteiger partial charge on any atom is 0.275 e. The van der Waals surface area contributed by atoms with Gasteiger partial charge in [-0.25, -0.2) is 8.78 Å². The van der Waals surface area contributed by atoms with Crippen molar-refractivity contribution in [3.63, 3.8) is 0 Å². The molecule has 6 heteroatoms. The van der Waals surface area contributed by atoms with Crippen molar-refractivity contribution < 1.29 is 8.78 Å². The van der Waals surface area contributed by atoms with Crippen molar-refractivity contribution in [1.82, 2.24) is 10.2 Å². The van der Waals surface area contributed by atoms with Gasteiger partial charge in [0.2, 0.25) is 0 Å². The van der Waals surface area contributed by atoms with E-state index in [2.05, 4.69) is 5.32 Å². The Bertz CT molecular complexity index is 146. The Balaban J connectivity index is 0. The number of halogens is 4. The molecule has 13 heavy (non-hydrogen) atoms. The van der Waals surface area contributed by atoms with Crippen molar-refractivity contribution in [3.8, 4) is 0 Å². The lowest BCUT2D eigenvalue weighted by molar-refractivity contribution is -0.0822. The molecule has 1 aliphatic heterocycles. The van der Waals surface area contributed by atoms with Gasteiger partial charge in [-0.15, -0.1) is 24.8 Å². The number of alkyl halides is 2. The van der Waals surface area contributed by atoms with Crippen LogP contribution in [0.4, 0.5) is 8.78 Å². The van der Waals surface area contributed by atoms with Gasteiger partial charge in [-0.2, -0.15) is 0 Å². The minimum atomic E-state index is -2.57. The van der Waals surface area contributed by atoms with Gasteiger partial charge in [-0.3, -0.25) is 0 Å². The fourth-order valence-corrected chi connectivity index (χ4v) is 1.47. The van der Waals surface area contributed by atoms with Crippen molar-refractivity contribution in [1.29, 1.82) is 0 Å². The largest absolute Gasteiger partial charge is 0.312 e. The Morgan fingerprint density at radius 3 is 2.31 bits per heavy atom. The van der Waals surface area contributed by atoms with E-state index < -0.39 is 12.0 Å². The number of nitrogens with one attached hydrogen (secondary N) is 1. The summed E-state index contributed by atoms with van der Waals surface area (Å²) in [5.41, 5.74) is 0. The van der Waals surface area contributed by atoms with E-state index in [9.17, 15) is 8.78 Å². The van der Waals surface area contributed by atoms with Crippen molar-refractivity contribution in [2.24, 2.45) is 0 Å². The third kappa shape index (κ3) is 3.94. The van der Waals surface area contributed by atoms with Crippen LogP contribution in [0.5, 0.6) is 0 Å². The maximum absolute atomic E-state index is 13.0. The lowest BCUT2D eigenvalue weighted by Crippen LogP contribution is -2.55. The zero-order chi connectivity index (χ0) is 8.48. The smallest absolute Gasteiger partial charge is 0.275 e. The lowest BCUT2D eigenvalue weighted by Gasteiger charge is -2.36. The first-order valence-corrected chi connectivity index (χ1v) is 3.80. The Labute approximate surface area is 89.9 Å². The first kappa shape index (κ1) is 15.8. The van der Waals surface area contributed by atoms with Crippen LogP contribution in [-0.2, 0) is 0 Å². The highest BCUT2D eigenvalue weighted by Crippen LogP contribution is 2.25. The van der Waals surface area contributed by atoms with E-state index >= 15 is 0 Å². The number of piperidine rings is 1. The van der Waals surface area contributed by atoms with Gasteiger partial charge in [0.1, 0.15) is 0 Å². The highest BCUT2D eigenvalue weighted by molar-refractivity contribution is 5.85. The quantitative estimate of drug-likeness (QED) is 0.741. The van der Waals surface area contributed by atoms with E-state index in [1.54, 1.807) is 19.0 Å². The molecule has 1 heterocycles. The summed E-state index contributed by atoms with van der Waals surface area (Å²) in [6, 6.07) is -0.640. The van der Waals surface area contributed by atoms with Gasteiger partial charge in [0.25, 0.3) is 5.92 Å². The minimum Gasteiger partial charge on any atom is -0.312 e. The summed E-state index contributed by atoms with van der Waals surface area (Å²) in [6.07, 6.45) is 0.528. The summed E-state index contributed by atoms with van der Waals surface area (Å²) in [5, 5.41) is 2.64. The molecule has 0 unspecified atom stereocenters. The standard InChI is InChI=1S/C7H14F2N2.2ClH/c1-10-6-3-4-11(2)5-7(6,8)9;;/h6,10H,3-5H2,1-2H3;2*1H/t6-;;/m1../s1. The fraction of sp³-hybridized carbons (Fsp3) is 1.00. The number of nitrogens with zero attached hydrogens (tertiary/aromatic N) is 1. The van der Waals surface area contributed by atoms with Gasteiger partial charge < -0.3 is 10.2 Å². The molecule has 82 valence electrons. The summed E-state index contributed by atoms with van der Waals surface area (Å²) < 4.78 is 26.0. The first-order chi connectivity index (χ1) is 5.06. The SMILES string of the molecule is CN[C@@H]1CCN(C)CC1(F)F.Cl.Cl. The van der Waals surface area contributed by atoms with Crippen molar-refractivity contribution >= 4 is 24.8 Å². The summed E-state index contributed by atoms with van der Waals surface area (Å²) >= 11 is 0. The third-order valence-electron chi connectivity index (χ3n) is 2.14. The van der Waals surface area contributed by atoms with Gasteiger partial charge in [0, 0.05) is 0 Å². The van der Waals surface area contributed by atoms with Crippen molar-refractivity contribution in [2.45, 2.75) is 18.4 Å². The molecule has 1 fully saturated rings. The highest BCUT2D eigenvalue weighted by atomic mass is 35.5. The molecule has 0 aromatic rings. The predicted octanol–water partition coefficient (Wildman–Crippen LogP) is 1.39. The summed E-state index contributed by atoms with van der Waals surface area (Å²) in [7, 11) is 3.31. The molecule has 2 nitrogen and oxygen atoms in total. The molecule has 0 saturated carbocycles. The van der Waals surface area contributed by atoms with Crippen molar-refractivity contribution in [3.05, 3.63) is 0 Å². The van der Waals surface area contributed by atoms with Crippen LogP contribution < -0.4 is 5.32 Å². The molecule has 1 atom stereocenters. The third-order valence-corrected chi connectivity index (χ3v) is 2.14. The molecule has 1 N–H and O–H groups in total. The van der Waals surface area contributed by atoms with Crippen LogP contribution in [0.1, 0.15) is 6.42 Å². The van der Waals surface area contributed by atoms with Crippen LogP contribution in [0.3, 0.4) is 0 Å². The van der Waals surface area contributed by atoms with Gasteiger partial charge in [0.05, 0.1) is 12.6 Å². The molecule has 0 radical (unpaired) electrons. The molecule has 0 aliphatic carbocycles. The Hall–Kier alpha value is 0.360. The Kier molecular flexibility index (Phi) is 7.25. The van der Waals surface area contributed by atoms with Gasteiger partial charge in [0.15, 0.2) is 0 Å². The van der Waals surface area contributed by atoms with Gasteiger partial charge >= 0.3 is 0 Å². The zero-order valence-corrected chi connectivity index (χ0v) is 9.35. The number of rotatable bonds is 1. The van der Waals surface area contributed by atoms with Crippen LogP contribution in [0.25, 0.3) is 0 Å². The molecule has 1 saturated heterocycles. The predicted molar refractivity (Wildman–Crippen MR) is 54.4 cm³/mol. The summed E-state index contributed by atoms with van der Waals surface area (Å²) in [5.74, 6) is -2.57. The minimum absolute atomic E-state index is 0. The van der Waals surface area contributed by atoms with E-state index in [4.69, 9.17) is 0 Å². The molecule has 0 spiro atoms. The van der Waals surface area contributed by atoms with Crippen LogP contribution in [0.15, 0.2) is 0 Å². The Morgan fingerprint density at radius 2 is 1.92 bits per heavy atom. The van der Waals surface area contributed by atoms with Crippen LogP contribution >= 0.6 is 24.8 Å². The maximum atomic E-state index is 13.0. The number of hydrogen-bond donors (Lipinski definition) is 1. The molecule has 0 aromatic carbocycles. The highest BCUT2D eigenvalue weighted by Gasteiger charge is 2.42. The fourth-order valence-electron chi connectivity index (χ4n) is 1.47. The van der Waals surface area contributed by atoms with Crippen molar-refractivity contribution in [2.75, 3.05) is 27.2 Å². The van der Waals surface area contributed by atoms with Crippen LogP contribution in [0, 0.1) is 0 Å².